The van der Waals surface area contributed by atoms with Gasteiger partial charge in [0.1, 0.15) is 0 Å². The molecule has 0 unspecified atom stereocenters. The Morgan fingerprint density at radius 3 is 2.33 bits per heavy atom. The van der Waals surface area contributed by atoms with Crippen LogP contribution in [0.3, 0.4) is 0 Å². The van der Waals surface area contributed by atoms with Crippen molar-refractivity contribution in [2.24, 2.45) is 0 Å². The molecule has 1 aromatic rings. The third-order valence-corrected chi connectivity index (χ3v) is 3.97. The first kappa shape index (κ1) is 13.1. The Kier molecular flexibility index (Phi) is 4.00. The van der Waals surface area contributed by atoms with Crippen LogP contribution in [-0.4, -0.2) is 17.8 Å². The van der Waals surface area contributed by atoms with E-state index in [9.17, 15) is 14.3 Å². The highest BCUT2D eigenvalue weighted by atomic mass is 19.1. The number of carboxylic acids is 1. The lowest BCUT2D eigenvalue weighted by atomic mass is 9.78. The number of carboxylic acid groups (broad SMARTS) is 1. The van der Waals surface area contributed by atoms with Crippen molar-refractivity contribution in [2.45, 2.75) is 43.9 Å². The van der Waals surface area contributed by atoms with Crippen LogP contribution in [0.2, 0.25) is 0 Å². The van der Waals surface area contributed by atoms with Crippen LogP contribution in [0.4, 0.5) is 4.39 Å². The number of rotatable bonds is 5. The molecule has 0 heterocycles. The normalized spacial score (nSPS) is 17.8. The van der Waals surface area contributed by atoms with Gasteiger partial charge in [0.15, 0.2) is 0 Å². The van der Waals surface area contributed by atoms with Crippen LogP contribution in [0.1, 0.15) is 43.2 Å². The van der Waals surface area contributed by atoms with Crippen LogP contribution in [-0.2, 0) is 16.6 Å². The van der Waals surface area contributed by atoms with Crippen molar-refractivity contribution in [1.82, 2.24) is 0 Å². The molecule has 18 heavy (non-hydrogen) atoms. The van der Waals surface area contributed by atoms with E-state index in [1.54, 1.807) is 0 Å². The van der Waals surface area contributed by atoms with Crippen molar-refractivity contribution in [2.75, 3.05) is 6.67 Å². The Bertz CT molecular complexity index is 405. The Morgan fingerprint density at radius 1 is 1.22 bits per heavy atom. The number of halogens is 1. The summed E-state index contributed by atoms with van der Waals surface area (Å²) in [5.41, 5.74) is 1.30. The molecule has 98 valence electrons. The molecule has 1 aliphatic rings. The molecule has 1 N–H and O–H groups in total. The highest BCUT2D eigenvalue weighted by Crippen LogP contribution is 2.41. The summed E-state index contributed by atoms with van der Waals surface area (Å²) in [5.74, 6) is -0.712. The predicted molar refractivity (Wildman–Crippen MR) is 68.5 cm³/mol. The summed E-state index contributed by atoms with van der Waals surface area (Å²) in [5, 5.41) is 9.48. The first-order chi connectivity index (χ1) is 8.69. The molecule has 2 rings (SSSR count). The second-order valence-electron chi connectivity index (χ2n) is 5.08. The van der Waals surface area contributed by atoms with Gasteiger partial charge in [-0.25, -0.2) is 0 Å². The molecular formula is C15H19FO2. The van der Waals surface area contributed by atoms with Crippen LogP contribution < -0.4 is 0 Å². The molecule has 0 aliphatic heterocycles. The summed E-state index contributed by atoms with van der Waals surface area (Å²) >= 11 is 0. The van der Waals surface area contributed by atoms with Crippen molar-refractivity contribution in [3.05, 3.63) is 35.4 Å². The van der Waals surface area contributed by atoms with Gasteiger partial charge in [0, 0.05) is 0 Å². The average Bonchev–Trinajstić information content (AvgIpc) is 2.87. The summed E-state index contributed by atoms with van der Waals surface area (Å²) in [4.78, 5) is 11.5. The summed E-state index contributed by atoms with van der Waals surface area (Å²) in [7, 11) is 0. The number of carbonyl (C=O) groups is 1. The van der Waals surface area contributed by atoms with Gasteiger partial charge in [-0.1, -0.05) is 37.1 Å². The summed E-state index contributed by atoms with van der Waals surface area (Å²) in [6.45, 7) is -0.305. The van der Waals surface area contributed by atoms with Crippen molar-refractivity contribution in [1.29, 1.82) is 0 Å². The lowest BCUT2D eigenvalue weighted by Gasteiger charge is -2.24. The summed E-state index contributed by atoms with van der Waals surface area (Å²) in [6.07, 6.45) is 4.67. The molecule has 1 aliphatic carbocycles. The molecule has 0 aromatic heterocycles. The maximum absolute atomic E-state index is 12.1. The van der Waals surface area contributed by atoms with E-state index in [-0.39, 0.29) is 6.67 Å². The first-order valence-corrected chi connectivity index (χ1v) is 6.58. The number of benzene rings is 1. The van der Waals surface area contributed by atoms with E-state index in [1.165, 1.54) is 0 Å². The minimum atomic E-state index is -0.712. The average molecular weight is 250 g/mol. The molecule has 1 aromatic carbocycles. The lowest BCUT2D eigenvalue weighted by Crippen LogP contribution is -2.32. The van der Waals surface area contributed by atoms with Gasteiger partial charge in [-0.05, 0) is 36.8 Å². The fourth-order valence-corrected chi connectivity index (χ4v) is 2.87. The number of alkyl halides is 1. The third-order valence-electron chi connectivity index (χ3n) is 3.97. The number of hydrogen-bond donors (Lipinski definition) is 1. The van der Waals surface area contributed by atoms with E-state index >= 15 is 0 Å². The molecule has 3 heteroatoms. The second-order valence-corrected chi connectivity index (χ2v) is 5.08. The molecule has 2 nitrogen and oxygen atoms in total. The highest BCUT2D eigenvalue weighted by molar-refractivity contribution is 5.81. The van der Waals surface area contributed by atoms with E-state index in [1.807, 2.05) is 24.3 Å². The molecule has 0 radical (unpaired) electrons. The van der Waals surface area contributed by atoms with Gasteiger partial charge in [0.05, 0.1) is 12.1 Å². The fourth-order valence-electron chi connectivity index (χ4n) is 2.87. The van der Waals surface area contributed by atoms with Gasteiger partial charge in [0.25, 0.3) is 0 Å². The second kappa shape index (κ2) is 5.51. The summed E-state index contributed by atoms with van der Waals surface area (Å²) in [6, 6.07) is 7.70. The van der Waals surface area contributed by atoms with Crippen LogP contribution in [0.5, 0.6) is 0 Å². The molecule has 0 saturated heterocycles. The minimum Gasteiger partial charge on any atom is -0.481 e. The van der Waals surface area contributed by atoms with Gasteiger partial charge in [-0.3, -0.25) is 9.18 Å². The molecular weight excluding hydrogens is 231 g/mol. The first-order valence-electron chi connectivity index (χ1n) is 6.58. The van der Waals surface area contributed by atoms with E-state index in [2.05, 4.69) is 0 Å². The van der Waals surface area contributed by atoms with Crippen LogP contribution >= 0.6 is 0 Å². The number of aryl methyl sites for hydroxylation is 1. The zero-order chi connectivity index (χ0) is 13.0. The van der Waals surface area contributed by atoms with Gasteiger partial charge in [-0.15, -0.1) is 0 Å². The van der Waals surface area contributed by atoms with Gasteiger partial charge in [-0.2, -0.15) is 0 Å². The van der Waals surface area contributed by atoms with Crippen LogP contribution in [0, 0.1) is 0 Å². The molecule has 1 saturated carbocycles. The highest BCUT2D eigenvalue weighted by Gasteiger charge is 2.42. The molecule has 0 spiro atoms. The van der Waals surface area contributed by atoms with Crippen molar-refractivity contribution in [3.63, 3.8) is 0 Å². The van der Waals surface area contributed by atoms with E-state index < -0.39 is 11.4 Å². The quantitative estimate of drug-likeness (QED) is 0.868. The van der Waals surface area contributed by atoms with Gasteiger partial charge >= 0.3 is 5.97 Å². The van der Waals surface area contributed by atoms with E-state index in [0.717, 1.165) is 43.2 Å². The minimum absolute atomic E-state index is 0.305. The van der Waals surface area contributed by atoms with Crippen molar-refractivity contribution < 1.29 is 14.3 Å². The van der Waals surface area contributed by atoms with Gasteiger partial charge in [0.2, 0.25) is 0 Å². The van der Waals surface area contributed by atoms with E-state index in [0.29, 0.717) is 6.42 Å². The standard InChI is InChI=1S/C15H19FO2/c16-11-3-4-12-5-7-13(8-6-12)15(14(17)18)9-1-2-10-15/h5-8H,1-4,9-11H2,(H,17,18). The summed E-state index contributed by atoms with van der Waals surface area (Å²) < 4.78 is 12.1. The van der Waals surface area contributed by atoms with Crippen LogP contribution in [0.15, 0.2) is 24.3 Å². The zero-order valence-electron chi connectivity index (χ0n) is 10.5. The Morgan fingerprint density at radius 2 is 1.83 bits per heavy atom. The lowest BCUT2D eigenvalue weighted by molar-refractivity contribution is -0.143. The smallest absolute Gasteiger partial charge is 0.314 e. The topological polar surface area (TPSA) is 37.3 Å². The maximum Gasteiger partial charge on any atom is 0.314 e. The Hall–Kier alpha value is -1.38. The van der Waals surface area contributed by atoms with Crippen molar-refractivity contribution >= 4 is 5.97 Å². The van der Waals surface area contributed by atoms with Crippen LogP contribution in [0.25, 0.3) is 0 Å². The Balaban J connectivity index is 2.19. The third kappa shape index (κ3) is 2.40. The number of hydrogen-bond acceptors (Lipinski definition) is 1. The SMILES string of the molecule is O=C(O)C1(c2ccc(CCCF)cc2)CCCC1. The maximum atomic E-state index is 12.1. The molecule has 0 amide bonds. The Labute approximate surface area is 107 Å². The molecule has 1 fully saturated rings. The fraction of sp³-hybridized carbons (Fsp3) is 0.533. The van der Waals surface area contributed by atoms with Gasteiger partial charge < -0.3 is 5.11 Å². The van der Waals surface area contributed by atoms with Crippen molar-refractivity contribution in [3.8, 4) is 0 Å². The monoisotopic (exact) mass is 250 g/mol. The van der Waals surface area contributed by atoms with E-state index in [4.69, 9.17) is 0 Å². The predicted octanol–water partition coefficient (Wildman–Crippen LogP) is 3.49. The molecule has 0 atom stereocenters. The molecule has 0 bridgehead atoms. The largest absolute Gasteiger partial charge is 0.481 e. The number of aliphatic carboxylic acids is 1. The zero-order valence-corrected chi connectivity index (χ0v) is 10.5.